The zero-order chi connectivity index (χ0) is 19.4. The highest BCUT2D eigenvalue weighted by Crippen LogP contribution is 2.27. The number of benzene rings is 2. The zero-order valence-corrected chi connectivity index (χ0v) is 17.0. The number of hydrogen-bond donors (Lipinski definition) is 1. The lowest BCUT2D eigenvalue weighted by Crippen LogP contribution is -2.46. The van der Waals surface area contributed by atoms with Crippen LogP contribution in [0.3, 0.4) is 0 Å². The molecule has 1 atom stereocenters. The summed E-state index contributed by atoms with van der Waals surface area (Å²) in [4.78, 5) is 12.7. The van der Waals surface area contributed by atoms with E-state index in [1.54, 1.807) is 24.3 Å². The van der Waals surface area contributed by atoms with Gasteiger partial charge in [0.05, 0.1) is 4.90 Å². The quantitative estimate of drug-likeness (QED) is 0.728. The Hall–Kier alpha value is -1.77. The SMILES string of the molecule is O=C(NCCc1cccc(F)c1)C1CCCN1S(=O)(=O)c1ccc(Br)cc1. The van der Waals surface area contributed by atoms with Crippen molar-refractivity contribution in [3.05, 3.63) is 64.4 Å². The van der Waals surface area contributed by atoms with Gasteiger partial charge in [0.25, 0.3) is 0 Å². The lowest BCUT2D eigenvalue weighted by atomic mass is 10.1. The van der Waals surface area contributed by atoms with Crippen LogP contribution >= 0.6 is 15.9 Å². The zero-order valence-electron chi connectivity index (χ0n) is 14.6. The molecule has 3 rings (SSSR count). The summed E-state index contributed by atoms with van der Waals surface area (Å²) in [5.74, 6) is -0.633. The fraction of sp³-hybridized carbons (Fsp3) is 0.316. The molecule has 0 spiro atoms. The molecule has 1 amide bonds. The van der Waals surface area contributed by atoms with E-state index in [1.807, 2.05) is 0 Å². The predicted octanol–water partition coefficient (Wildman–Crippen LogP) is 3.10. The molecule has 0 aromatic heterocycles. The topological polar surface area (TPSA) is 66.5 Å². The minimum atomic E-state index is -3.73. The van der Waals surface area contributed by atoms with E-state index >= 15 is 0 Å². The lowest BCUT2D eigenvalue weighted by molar-refractivity contribution is -0.124. The van der Waals surface area contributed by atoms with Crippen LogP contribution in [0.1, 0.15) is 18.4 Å². The van der Waals surface area contributed by atoms with Crippen molar-refractivity contribution in [2.75, 3.05) is 13.1 Å². The number of rotatable bonds is 6. The first-order chi connectivity index (χ1) is 12.9. The Balaban J connectivity index is 1.64. The maximum atomic E-state index is 13.2. The van der Waals surface area contributed by atoms with E-state index in [0.717, 1.165) is 10.0 Å². The van der Waals surface area contributed by atoms with Gasteiger partial charge in [-0.3, -0.25) is 4.79 Å². The molecule has 5 nitrogen and oxygen atoms in total. The maximum Gasteiger partial charge on any atom is 0.243 e. The van der Waals surface area contributed by atoms with E-state index in [1.165, 1.54) is 28.6 Å². The molecule has 1 aliphatic rings. The molecule has 1 fully saturated rings. The molecule has 1 N–H and O–H groups in total. The second kappa shape index (κ2) is 8.50. The monoisotopic (exact) mass is 454 g/mol. The average molecular weight is 455 g/mol. The van der Waals surface area contributed by atoms with Crippen LogP contribution < -0.4 is 5.32 Å². The number of hydrogen-bond acceptors (Lipinski definition) is 3. The molecule has 2 aromatic carbocycles. The minimum absolute atomic E-state index is 0.171. The smallest absolute Gasteiger partial charge is 0.243 e. The standard InChI is InChI=1S/C19H20BrFN2O3S/c20-15-6-8-17(9-7-15)27(25,26)23-12-2-5-18(23)19(24)22-11-10-14-3-1-4-16(21)13-14/h1,3-4,6-9,13,18H,2,5,10-12H2,(H,22,24). The number of nitrogens with zero attached hydrogens (tertiary/aromatic N) is 1. The number of halogens is 2. The first-order valence-electron chi connectivity index (χ1n) is 8.67. The first-order valence-corrected chi connectivity index (χ1v) is 10.9. The van der Waals surface area contributed by atoms with Gasteiger partial charge in [-0.1, -0.05) is 28.1 Å². The Morgan fingerprint density at radius 1 is 1.22 bits per heavy atom. The maximum absolute atomic E-state index is 13.2. The van der Waals surface area contributed by atoms with Crippen LogP contribution in [0.5, 0.6) is 0 Å². The van der Waals surface area contributed by atoms with E-state index in [0.29, 0.717) is 32.4 Å². The second-order valence-electron chi connectivity index (χ2n) is 6.40. The van der Waals surface area contributed by atoms with Crippen molar-refractivity contribution in [3.63, 3.8) is 0 Å². The predicted molar refractivity (Wildman–Crippen MR) is 104 cm³/mol. The molecule has 1 heterocycles. The first kappa shape index (κ1) is 20.0. The van der Waals surface area contributed by atoms with Crippen LogP contribution in [0, 0.1) is 5.82 Å². The highest BCUT2D eigenvalue weighted by atomic mass is 79.9. The molecule has 0 radical (unpaired) electrons. The van der Waals surface area contributed by atoms with Gasteiger partial charge in [0.1, 0.15) is 11.9 Å². The number of nitrogens with one attached hydrogen (secondary N) is 1. The van der Waals surface area contributed by atoms with Gasteiger partial charge in [0.2, 0.25) is 15.9 Å². The Bertz CT molecular complexity index is 919. The molecule has 27 heavy (non-hydrogen) atoms. The molecule has 8 heteroatoms. The van der Waals surface area contributed by atoms with Crippen molar-refractivity contribution < 1.29 is 17.6 Å². The van der Waals surface area contributed by atoms with Gasteiger partial charge in [-0.2, -0.15) is 4.31 Å². The van der Waals surface area contributed by atoms with Crippen LogP contribution in [0.2, 0.25) is 0 Å². The van der Waals surface area contributed by atoms with Crippen LogP contribution in [0.25, 0.3) is 0 Å². The summed E-state index contributed by atoms with van der Waals surface area (Å²) >= 11 is 3.29. The molecular weight excluding hydrogens is 435 g/mol. The molecule has 0 bridgehead atoms. The molecule has 1 saturated heterocycles. The van der Waals surface area contributed by atoms with Crippen molar-refractivity contribution in [2.24, 2.45) is 0 Å². The van der Waals surface area contributed by atoms with E-state index in [2.05, 4.69) is 21.2 Å². The third-order valence-electron chi connectivity index (χ3n) is 4.53. The normalized spacial score (nSPS) is 17.8. The van der Waals surface area contributed by atoms with Gasteiger partial charge in [-0.25, -0.2) is 12.8 Å². The number of carbonyl (C=O) groups excluding carboxylic acids is 1. The van der Waals surface area contributed by atoms with Gasteiger partial charge >= 0.3 is 0 Å². The molecule has 144 valence electrons. The van der Waals surface area contributed by atoms with Gasteiger partial charge in [-0.05, 0) is 61.2 Å². The van der Waals surface area contributed by atoms with E-state index < -0.39 is 16.1 Å². The Labute approximate surface area is 166 Å². The molecule has 1 aliphatic heterocycles. The number of sulfonamides is 1. The van der Waals surface area contributed by atoms with Gasteiger partial charge in [0, 0.05) is 17.6 Å². The summed E-state index contributed by atoms with van der Waals surface area (Å²) in [6.07, 6.45) is 1.61. The Morgan fingerprint density at radius 3 is 2.67 bits per heavy atom. The Morgan fingerprint density at radius 2 is 1.96 bits per heavy atom. The van der Waals surface area contributed by atoms with Crippen molar-refractivity contribution in [1.82, 2.24) is 9.62 Å². The largest absolute Gasteiger partial charge is 0.354 e. The summed E-state index contributed by atoms with van der Waals surface area (Å²) in [7, 11) is -3.73. The van der Waals surface area contributed by atoms with Crippen LogP contribution in [0.4, 0.5) is 4.39 Å². The van der Waals surface area contributed by atoms with E-state index in [9.17, 15) is 17.6 Å². The molecule has 1 unspecified atom stereocenters. The number of amides is 1. The Kier molecular flexibility index (Phi) is 6.29. The van der Waals surface area contributed by atoms with Crippen molar-refractivity contribution >= 4 is 31.9 Å². The summed E-state index contributed by atoms with van der Waals surface area (Å²) in [6, 6.07) is 11.9. The summed E-state index contributed by atoms with van der Waals surface area (Å²) < 4.78 is 41.0. The molecular formula is C19H20BrFN2O3S. The molecule has 2 aromatic rings. The van der Waals surface area contributed by atoms with Crippen molar-refractivity contribution in [2.45, 2.75) is 30.2 Å². The fourth-order valence-electron chi connectivity index (χ4n) is 3.17. The second-order valence-corrected chi connectivity index (χ2v) is 9.20. The fourth-order valence-corrected chi connectivity index (χ4v) is 5.09. The molecule has 0 aliphatic carbocycles. The minimum Gasteiger partial charge on any atom is -0.354 e. The summed E-state index contributed by atoms with van der Waals surface area (Å²) in [5, 5.41) is 2.78. The van der Waals surface area contributed by atoms with Crippen molar-refractivity contribution in [3.8, 4) is 0 Å². The summed E-state index contributed by atoms with van der Waals surface area (Å²) in [5.41, 5.74) is 0.779. The third-order valence-corrected chi connectivity index (χ3v) is 6.98. The van der Waals surface area contributed by atoms with E-state index in [4.69, 9.17) is 0 Å². The average Bonchev–Trinajstić information content (AvgIpc) is 3.13. The highest BCUT2D eigenvalue weighted by Gasteiger charge is 2.39. The highest BCUT2D eigenvalue weighted by molar-refractivity contribution is 9.10. The number of carbonyl (C=O) groups is 1. The van der Waals surface area contributed by atoms with Crippen LogP contribution in [0.15, 0.2) is 57.9 Å². The summed E-state index contributed by atoms with van der Waals surface area (Å²) in [6.45, 7) is 0.644. The third kappa shape index (κ3) is 4.75. The molecule has 0 saturated carbocycles. The van der Waals surface area contributed by atoms with Gasteiger partial charge in [-0.15, -0.1) is 0 Å². The van der Waals surface area contributed by atoms with Gasteiger partial charge < -0.3 is 5.32 Å². The van der Waals surface area contributed by atoms with Crippen LogP contribution in [-0.2, 0) is 21.2 Å². The van der Waals surface area contributed by atoms with Gasteiger partial charge in [0.15, 0.2) is 0 Å². The lowest BCUT2D eigenvalue weighted by Gasteiger charge is -2.23. The van der Waals surface area contributed by atoms with E-state index in [-0.39, 0.29) is 16.6 Å². The van der Waals surface area contributed by atoms with Crippen LogP contribution in [-0.4, -0.2) is 37.8 Å². The van der Waals surface area contributed by atoms with Crippen molar-refractivity contribution in [1.29, 1.82) is 0 Å².